The van der Waals surface area contributed by atoms with Gasteiger partial charge in [-0.3, -0.25) is 0 Å². The molecule has 2 heteroatoms. The smallest absolute Gasteiger partial charge is 0.0632 e. The molecular formula is C33H45OP. The second-order valence-corrected chi connectivity index (χ2v) is 16.3. The van der Waals surface area contributed by atoms with Crippen molar-refractivity contribution in [2.75, 3.05) is 6.16 Å². The molecule has 2 aromatic carbocycles. The normalized spacial score (nSPS) is 42.7. The van der Waals surface area contributed by atoms with Gasteiger partial charge in [0.15, 0.2) is 0 Å². The molecule has 0 unspecified atom stereocenters. The van der Waals surface area contributed by atoms with Crippen molar-refractivity contribution in [1.82, 2.24) is 0 Å². The summed E-state index contributed by atoms with van der Waals surface area (Å²) in [5.41, 5.74) is 0.990. The Kier molecular flexibility index (Phi) is 5.47. The van der Waals surface area contributed by atoms with E-state index in [1.54, 1.807) is 0 Å². The van der Waals surface area contributed by atoms with Crippen LogP contribution in [-0.4, -0.2) is 17.4 Å². The molecule has 4 fully saturated rings. The number of aliphatic hydroxyl groups excluding tert-OH is 1. The van der Waals surface area contributed by atoms with Crippen molar-refractivity contribution in [2.45, 2.75) is 73.3 Å². The Morgan fingerprint density at radius 2 is 1.14 bits per heavy atom. The lowest BCUT2D eigenvalue weighted by Gasteiger charge is -2.46. The molecule has 4 bridgehead atoms. The minimum atomic E-state index is -0.428. The van der Waals surface area contributed by atoms with Crippen LogP contribution >= 0.6 is 7.92 Å². The molecule has 1 N–H and O–H groups in total. The lowest BCUT2D eigenvalue weighted by atomic mass is 9.62. The number of hydrogen-bond donors (Lipinski definition) is 1. The van der Waals surface area contributed by atoms with Crippen molar-refractivity contribution in [2.24, 2.45) is 51.2 Å². The van der Waals surface area contributed by atoms with E-state index in [-0.39, 0.29) is 16.9 Å². The van der Waals surface area contributed by atoms with E-state index in [0.29, 0.717) is 34.5 Å². The lowest BCUT2D eigenvalue weighted by molar-refractivity contribution is -0.0464. The van der Waals surface area contributed by atoms with Gasteiger partial charge in [-0.05, 0) is 102 Å². The first-order valence-electron chi connectivity index (χ1n) is 14.1. The van der Waals surface area contributed by atoms with Crippen LogP contribution in [0.2, 0.25) is 0 Å². The molecule has 0 aliphatic heterocycles. The van der Waals surface area contributed by atoms with Crippen molar-refractivity contribution < 1.29 is 5.11 Å². The van der Waals surface area contributed by atoms with Gasteiger partial charge in [0.05, 0.1) is 6.10 Å². The zero-order chi connectivity index (χ0) is 24.8. The molecule has 0 heterocycles. The molecule has 0 spiro atoms. The summed E-state index contributed by atoms with van der Waals surface area (Å²) < 4.78 is 0. The lowest BCUT2D eigenvalue weighted by Crippen LogP contribution is -2.45. The standard InChI is InChI=1S/C33H45OP/c1-30(2)24-17-19-32(30,5)26(27(24)28-25-18-20-33(6,29(28)34)31(25,3)4)21-35(22-13-9-7-10-14-22)23-15-11-8-12-16-23/h7-16,24-29,34H,17-21H2,1-6H3/t24-,25-,26-,27-,28+,29+,32+,33+/m1/s1. The second kappa shape index (κ2) is 7.91. The molecule has 0 radical (unpaired) electrons. The molecule has 8 atom stereocenters. The molecule has 0 saturated heterocycles. The topological polar surface area (TPSA) is 20.2 Å². The van der Waals surface area contributed by atoms with Crippen LogP contribution in [0.15, 0.2) is 60.7 Å². The van der Waals surface area contributed by atoms with Crippen molar-refractivity contribution in [3.63, 3.8) is 0 Å². The number of hydrogen-bond acceptors (Lipinski definition) is 1. The first-order chi connectivity index (χ1) is 16.5. The molecule has 2 aromatic rings. The van der Waals surface area contributed by atoms with E-state index in [2.05, 4.69) is 102 Å². The van der Waals surface area contributed by atoms with E-state index in [0.717, 1.165) is 5.92 Å². The van der Waals surface area contributed by atoms with Crippen molar-refractivity contribution >= 4 is 18.5 Å². The molecule has 6 rings (SSSR count). The Labute approximate surface area is 214 Å². The van der Waals surface area contributed by atoms with Crippen LogP contribution in [0.5, 0.6) is 0 Å². The highest BCUT2D eigenvalue weighted by Crippen LogP contribution is 2.78. The fourth-order valence-corrected chi connectivity index (χ4v) is 12.9. The summed E-state index contributed by atoms with van der Waals surface area (Å²) in [6, 6.07) is 22.7. The molecule has 188 valence electrons. The third-order valence-corrected chi connectivity index (χ3v) is 15.5. The maximum absolute atomic E-state index is 12.0. The van der Waals surface area contributed by atoms with Gasteiger partial charge in [-0.2, -0.15) is 0 Å². The summed E-state index contributed by atoms with van der Waals surface area (Å²) >= 11 is 0. The van der Waals surface area contributed by atoms with E-state index in [1.165, 1.54) is 42.5 Å². The summed E-state index contributed by atoms with van der Waals surface area (Å²) in [7, 11) is -0.428. The number of rotatable bonds is 5. The predicted molar refractivity (Wildman–Crippen MR) is 150 cm³/mol. The monoisotopic (exact) mass is 488 g/mol. The van der Waals surface area contributed by atoms with Gasteiger partial charge in [0.1, 0.15) is 0 Å². The molecule has 1 nitrogen and oxygen atoms in total. The van der Waals surface area contributed by atoms with Gasteiger partial charge in [-0.25, -0.2) is 0 Å². The van der Waals surface area contributed by atoms with Gasteiger partial charge in [0.2, 0.25) is 0 Å². The molecule has 4 aliphatic carbocycles. The largest absolute Gasteiger partial charge is 0.392 e. The van der Waals surface area contributed by atoms with Crippen LogP contribution in [0.1, 0.15) is 67.2 Å². The highest BCUT2D eigenvalue weighted by Gasteiger charge is 2.74. The molecule has 0 amide bonds. The van der Waals surface area contributed by atoms with Gasteiger partial charge in [-0.15, -0.1) is 0 Å². The highest BCUT2D eigenvalue weighted by molar-refractivity contribution is 7.73. The van der Waals surface area contributed by atoms with E-state index in [1.807, 2.05) is 0 Å². The Bertz CT molecular complexity index is 1040. The Morgan fingerprint density at radius 1 is 0.686 bits per heavy atom. The number of aliphatic hydroxyl groups is 1. The van der Waals surface area contributed by atoms with Crippen molar-refractivity contribution in [3.05, 3.63) is 60.7 Å². The summed E-state index contributed by atoms with van der Waals surface area (Å²) in [5.74, 6) is 3.17. The third kappa shape index (κ3) is 3.07. The summed E-state index contributed by atoms with van der Waals surface area (Å²) in [5, 5.41) is 15.0. The summed E-state index contributed by atoms with van der Waals surface area (Å²) in [6.07, 6.45) is 6.33. The molecule has 4 aliphatic rings. The Balaban J connectivity index is 1.44. The van der Waals surface area contributed by atoms with E-state index in [9.17, 15) is 5.11 Å². The van der Waals surface area contributed by atoms with Crippen molar-refractivity contribution in [1.29, 1.82) is 0 Å². The van der Waals surface area contributed by atoms with Crippen LogP contribution in [-0.2, 0) is 0 Å². The van der Waals surface area contributed by atoms with Gasteiger partial charge in [0.25, 0.3) is 0 Å². The van der Waals surface area contributed by atoms with Crippen LogP contribution in [0.3, 0.4) is 0 Å². The Morgan fingerprint density at radius 3 is 1.63 bits per heavy atom. The zero-order valence-electron chi connectivity index (χ0n) is 22.7. The van der Waals surface area contributed by atoms with E-state index < -0.39 is 7.92 Å². The average Bonchev–Trinajstić information content (AvgIpc) is 3.34. The highest BCUT2D eigenvalue weighted by atomic mass is 31.1. The van der Waals surface area contributed by atoms with Crippen LogP contribution in [0.25, 0.3) is 0 Å². The van der Waals surface area contributed by atoms with E-state index >= 15 is 0 Å². The second-order valence-electron chi connectivity index (χ2n) is 14.1. The fraction of sp³-hybridized carbons (Fsp3) is 0.636. The van der Waals surface area contributed by atoms with Gasteiger partial charge >= 0.3 is 0 Å². The SMILES string of the molecule is CC1(C)[C@@H]2CC[C@@]1(C)[C@H](CP(c1ccccc1)c1ccccc1)[C@@H]2[C@@H]1[C@H]2CC[C@@](C)([C@H]1O)C2(C)C. The average molecular weight is 489 g/mol. The Hall–Kier alpha value is -1.17. The van der Waals surface area contributed by atoms with Crippen LogP contribution < -0.4 is 10.6 Å². The number of fused-ring (bicyclic) bond motifs is 4. The maximum Gasteiger partial charge on any atom is 0.0632 e. The van der Waals surface area contributed by atoms with Crippen LogP contribution in [0, 0.1) is 51.2 Å². The minimum absolute atomic E-state index is 0.0728. The molecule has 35 heavy (non-hydrogen) atoms. The quantitative estimate of drug-likeness (QED) is 0.440. The third-order valence-electron chi connectivity index (χ3n) is 12.9. The van der Waals surface area contributed by atoms with Gasteiger partial charge in [-0.1, -0.05) is 102 Å². The zero-order valence-corrected chi connectivity index (χ0v) is 23.6. The van der Waals surface area contributed by atoms with Gasteiger partial charge < -0.3 is 5.11 Å². The summed E-state index contributed by atoms with van der Waals surface area (Å²) in [4.78, 5) is 0. The summed E-state index contributed by atoms with van der Waals surface area (Å²) in [6.45, 7) is 15.2. The first-order valence-corrected chi connectivity index (χ1v) is 15.6. The minimum Gasteiger partial charge on any atom is -0.392 e. The first kappa shape index (κ1) is 24.2. The maximum atomic E-state index is 12.0. The molecular weight excluding hydrogens is 443 g/mol. The molecule has 4 saturated carbocycles. The number of benzene rings is 2. The van der Waals surface area contributed by atoms with E-state index in [4.69, 9.17) is 0 Å². The molecule has 0 aromatic heterocycles. The van der Waals surface area contributed by atoms with Crippen molar-refractivity contribution in [3.8, 4) is 0 Å². The predicted octanol–water partition coefficient (Wildman–Crippen LogP) is 7.24. The fourth-order valence-electron chi connectivity index (χ4n) is 10.1. The van der Waals surface area contributed by atoms with Gasteiger partial charge in [0, 0.05) is 0 Å². The van der Waals surface area contributed by atoms with Crippen LogP contribution in [0.4, 0.5) is 0 Å².